The zero-order valence-corrected chi connectivity index (χ0v) is 12.6. The first-order valence-electron chi connectivity index (χ1n) is 7.05. The standard InChI is InChI=1S/C13H24N4O3/c1-5-8-16-12(11(17(19)20)10(4)15-16)14-13(6-2,7-3)9-18/h14,18H,5-9H2,1-4H3. The summed E-state index contributed by atoms with van der Waals surface area (Å²) in [4.78, 5) is 10.8. The summed E-state index contributed by atoms with van der Waals surface area (Å²) >= 11 is 0. The van der Waals surface area contributed by atoms with Crippen LogP contribution in [0, 0.1) is 17.0 Å². The molecular weight excluding hydrogens is 260 g/mol. The van der Waals surface area contributed by atoms with Gasteiger partial charge >= 0.3 is 5.69 Å². The lowest BCUT2D eigenvalue weighted by molar-refractivity contribution is -0.384. The number of rotatable bonds is 8. The van der Waals surface area contributed by atoms with Crippen LogP contribution in [0.2, 0.25) is 0 Å². The zero-order chi connectivity index (χ0) is 15.3. The van der Waals surface area contributed by atoms with Crippen LogP contribution < -0.4 is 5.32 Å². The van der Waals surface area contributed by atoms with E-state index in [4.69, 9.17) is 0 Å². The Balaban J connectivity index is 3.29. The Hall–Kier alpha value is -1.63. The topological polar surface area (TPSA) is 93.2 Å². The number of hydrogen-bond acceptors (Lipinski definition) is 5. The maximum absolute atomic E-state index is 11.3. The van der Waals surface area contributed by atoms with Crippen molar-refractivity contribution in [1.29, 1.82) is 0 Å². The summed E-state index contributed by atoms with van der Waals surface area (Å²) in [7, 11) is 0. The zero-order valence-electron chi connectivity index (χ0n) is 12.6. The van der Waals surface area contributed by atoms with Gasteiger partial charge in [0.1, 0.15) is 5.69 Å². The number of aliphatic hydroxyl groups excluding tert-OH is 1. The summed E-state index contributed by atoms with van der Waals surface area (Å²) in [5.41, 5.74) is -0.161. The van der Waals surface area contributed by atoms with Crippen molar-refractivity contribution in [2.75, 3.05) is 11.9 Å². The smallest absolute Gasteiger partial charge is 0.333 e. The van der Waals surface area contributed by atoms with Crippen molar-refractivity contribution >= 4 is 11.5 Å². The molecule has 114 valence electrons. The molecule has 0 unspecified atom stereocenters. The molecule has 0 spiro atoms. The molecule has 0 aliphatic rings. The van der Waals surface area contributed by atoms with Crippen LogP contribution in [0.1, 0.15) is 45.7 Å². The molecule has 1 rings (SSSR count). The van der Waals surface area contributed by atoms with Gasteiger partial charge in [0.05, 0.1) is 17.1 Å². The van der Waals surface area contributed by atoms with Crippen LogP contribution in [0.3, 0.4) is 0 Å². The average Bonchev–Trinajstić information content (AvgIpc) is 2.72. The number of nitro groups is 1. The van der Waals surface area contributed by atoms with Gasteiger partial charge in [0.15, 0.2) is 0 Å². The molecule has 2 N–H and O–H groups in total. The molecule has 0 saturated heterocycles. The van der Waals surface area contributed by atoms with Gasteiger partial charge in [-0.1, -0.05) is 20.8 Å². The first-order chi connectivity index (χ1) is 9.44. The van der Waals surface area contributed by atoms with E-state index in [-0.39, 0.29) is 12.3 Å². The molecule has 0 saturated carbocycles. The Labute approximate surface area is 119 Å². The molecular formula is C13H24N4O3. The number of aliphatic hydroxyl groups is 1. The number of nitrogens with zero attached hydrogens (tertiary/aromatic N) is 3. The molecule has 0 radical (unpaired) electrons. The molecule has 1 aromatic heterocycles. The Kier molecular flexibility index (Phi) is 5.50. The van der Waals surface area contributed by atoms with Gasteiger partial charge in [-0.2, -0.15) is 5.10 Å². The highest BCUT2D eigenvalue weighted by Gasteiger charge is 2.32. The van der Waals surface area contributed by atoms with E-state index in [0.29, 0.717) is 30.9 Å². The molecule has 0 atom stereocenters. The Morgan fingerprint density at radius 3 is 2.40 bits per heavy atom. The minimum atomic E-state index is -0.553. The summed E-state index contributed by atoms with van der Waals surface area (Å²) < 4.78 is 1.63. The summed E-state index contributed by atoms with van der Waals surface area (Å²) in [6.45, 7) is 8.05. The van der Waals surface area contributed by atoms with E-state index in [0.717, 1.165) is 6.42 Å². The molecule has 0 aliphatic heterocycles. The van der Waals surface area contributed by atoms with E-state index in [1.165, 1.54) is 0 Å². The maximum atomic E-state index is 11.3. The summed E-state index contributed by atoms with van der Waals surface area (Å²) in [6.07, 6.45) is 2.18. The lowest BCUT2D eigenvalue weighted by atomic mass is 9.94. The van der Waals surface area contributed by atoms with Gasteiger partial charge in [-0.25, -0.2) is 4.68 Å². The normalized spacial score (nSPS) is 11.7. The lowest BCUT2D eigenvalue weighted by Crippen LogP contribution is -2.41. The predicted molar refractivity (Wildman–Crippen MR) is 77.9 cm³/mol. The Morgan fingerprint density at radius 2 is 2.00 bits per heavy atom. The van der Waals surface area contributed by atoms with E-state index in [2.05, 4.69) is 10.4 Å². The predicted octanol–water partition coefficient (Wildman–Crippen LogP) is 2.47. The molecule has 0 aliphatic carbocycles. The fourth-order valence-corrected chi connectivity index (χ4v) is 2.23. The second-order valence-corrected chi connectivity index (χ2v) is 5.03. The third-order valence-electron chi connectivity index (χ3n) is 3.75. The Bertz CT molecular complexity index is 458. The monoisotopic (exact) mass is 284 g/mol. The molecule has 7 nitrogen and oxygen atoms in total. The van der Waals surface area contributed by atoms with Crippen LogP contribution in [0.4, 0.5) is 11.5 Å². The minimum absolute atomic E-state index is 0.00169. The van der Waals surface area contributed by atoms with Crippen molar-refractivity contribution in [2.24, 2.45) is 0 Å². The van der Waals surface area contributed by atoms with E-state index < -0.39 is 10.5 Å². The number of anilines is 1. The molecule has 7 heteroatoms. The second kappa shape index (κ2) is 6.69. The summed E-state index contributed by atoms with van der Waals surface area (Å²) in [6, 6.07) is 0. The van der Waals surface area contributed by atoms with Crippen molar-refractivity contribution < 1.29 is 10.0 Å². The van der Waals surface area contributed by atoms with Crippen molar-refractivity contribution in [3.05, 3.63) is 15.8 Å². The van der Waals surface area contributed by atoms with Gasteiger partial charge < -0.3 is 10.4 Å². The van der Waals surface area contributed by atoms with Gasteiger partial charge in [0.25, 0.3) is 0 Å². The highest BCUT2D eigenvalue weighted by Crippen LogP contribution is 2.32. The number of aryl methyl sites for hydroxylation is 2. The minimum Gasteiger partial charge on any atom is -0.394 e. The molecule has 0 fully saturated rings. The number of aromatic nitrogens is 2. The van der Waals surface area contributed by atoms with E-state index in [9.17, 15) is 15.2 Å². The highest BCUT2D eigenvalue weighted by molar-refractivity contribution is 5.60. The van der Waals surface area contributed by atoms with E-state index in [1.807, 2.05) is 20.8 Å². The van der Waals surface area contributed by atoms with Crippen molar-refractivity contribution in [3.63, 3.8) is 0 Å². The summed E-state index contributed by atoms with van der Waals surface area (Å²) in [5, 5.41) is 28.3. The molecule has 0 aromatic carbocycles. The van der Waals surface area contributed by atoms with Gasteiger partial charge in [-0.3, -0.25) is 10.1 Å². The van der Waals surface area contributed by atoms with Crippen LogP contribution in [-0.2, 0) is 6.54 Å². The lowest BCUT2D eigenvalue weighted by Gasteiger charge is -2.31. The molecule has 1 heterocycles. The van der Waals surface area contributed by atoms with E-state index >= 15 is 0 Å². The molecule has 1 aromatic rings. The van der Waals surface area contributed by atoms with E-state index in [1.54, 1.807) is 11.6 Å². The molecule has 0 amide bonds. The van der Waals surface area contributed by atoms with Gasteiger partial charge in [-0.05, 0) is 26.2 Å². The largest absolute Gasteiger partial charge is 0.394 e. The van der Waals surface area contributed by atoms with Crippen molar-refractivity contribution in [2.45, 2.75) is 59.0 Å². The van der Waals surface area contributed by atoms with Gasteiger partial charge in [0, 0.05) is 6.54 Å². The summed E-state index contributed by atoms with van der Waals surface area (Å²) in [5.74, 6) is 0.395. The van der Waals surface area contributed by atoms with Crippen molar-refractivity contribution in [3.8, 4) is 0 Å². The van der Waals surface area contributed by atoms with Crippen molar-refractivity contribution in [1.82, 2.24) is 9.78 Å². The average molecular weight is 284 g/mol. The molecule has 20 heavy (non-hydrogen) atoms. The second-order valence-electron chi connectivity index (χ2n) is 5.03. The number of nitrogens with one attached hydrogen (secondary N) is 1. The maximum Gasteiger partial charge on any atom is 0.333 e. The van der Waals surface area contributed by atoms with Crippen LogP contribution >= 0.6 is 0 Å². The molecule has 0 bridgehead atoms. The highest BCUT2D eigenvalue weighted by atomic mass is 16.6. The Morgan fingerprint density at radius 1 is 1.40 bits per heavy atom. The quantitative estimate of drug-likeness (QED) is 0.565. The third kappa shape index (κ3) is 3.09. The fourth-order valence-electron chi connectivity index (χ4n) is 2.23. The fraction of sp³-hybridized carbons (Fsp3) is 0.769. The van der Waals surface area contributed by atoms with Crippen LogP contribution in [0.15, 0.2) is 0 Å². The first-order valence-corrected chi connectivity index (χ1v) is 7.05. The van der Waals surface area contributed by atoms with Gasteiger partial charge in [0.2, 0.25) is 5.82 Å². The van der Waals surface area contributed by atoms with Crippen LogP contribution in [0.5, 0.6) is 0 Å². The SMILES string of the molecule is CCCn1nc(C)c([N+](=O)[O-])c1NC(CC)(CC)CO. The van der Waals surface area contributed by atoms with Gasteiger partial charge in [-0.15, -0.1) is 0 Å². The van der Waals surface area contributed by atoms with Crippen LogP contribution in [-0.4, -0.2) is 32.0 Å². The number of hydrogen-bond donors (Lipinski definition) is 2. The first kappa shape index (κ1) is 16.4. The third-order valence-corrected chi connectivity index (χ3v) is 3.75. The van der Waals surface area contributed by atoms with Crippen LogP contribution in [0.25, 0.3) is 0 Å².